The minimum absolute atomic E-state index is 0.365. The highest BCUT2D eigenvalue weighted by Crippen LogP contribution is 2.18. The number of halogens is 2. The van der Waals surface area contributed by atoms with E-state index in [2.05, 4.69) is 4.98 Å². The first kappa shape index (κ1) is 11.3. The van der Waals surface area contributed by atoms with E-state index in [1.54, 1.807) is 22.9 Å². The Morgan fingerprint density at radius 3 is 2.81 bits per heavy atom. The van der Waals surface area contributed by atoms with Crippen molar-refractivity contribution in [2.24, 2.45) is 7.05 Å². The Labute approximate surface area is 104 Å². The fourth-order valence-corrected chi connectivity index (χ4v) is 1.59. The number of benzene rings is 1. The van der Waals surface area contributed by atoms with Gasteiger partial charge in [-0.3, -0.25) is 0 Å². The maximum absolute atomic E-state index is 5.86. The van der Waals surface area contributed by atoms with Gasteiger partial charge in [0.1, 0.15) is 23.3 Å². The highest BCUT2D eigenvalue weighted by atomic mass is 35.5. The molecule has 1 heterocycles. The molecule has 84 valence electrons. The zero-order chi connectivity index (χ0) is 11.5. The predicted octanol–water partition coefficient (Wildman–Crippen LogP) is 3.31. The highest BCUT2D eigenvalue weighted by Gasteiger charge is 2.05. The Hall–Kier alpha value is -1.19. The predicted molar refractivity (Wildman–Crippen MR) is 64.0 cm³/mol. The van der Waals surface area contributed by atoms with Gasteiger partial charge in [-0.25, -0.2) is 4.98 Å². The lowest BCUT2D eigenvalue weighted by Crippen LogP contribution is -2.03. The smallest absolute Gasteiger partial charge is 0.147 e. The van der Waals surface area contributed by atoms with Crippen molar-refractivity contribution in [3.05, 3.63) is 46.5 Å². The SMILES string of the molecule is Cn1c(Cl)cnc1COc1cccc(Cl)c1. The number of imidazole rings is 1. The number of aromatic nitrogens is 2. The molecular weight excluding hydrogens is 247 g/mol. The molecule has 0 unspecified atom stereocenters. The van der Waals surface area contributed by atoms with Crippen LogP contribution in [0.3, 0.4) is 0 Å². The van der Waals surface area contributed by atoms with E-state index in [1.807, 2.05) is 19.2 Å². The number of hydrogen-bond donors (Lipinski definition) is 0. The van der Waals surface area contributed by atoms with Crippen LogP contribution in [0.4, 0.5) is 0 Å². The Morgan fingerprint density at radius 1 is 1.38 bits per heavy atom. The van der Waals surface area contributed by atoms with Gasteiger partial charge < -0.3 is 9.30 Å². The molecular formula is C11H10Cl2N2O. The summed E-state index contributed by atoms with van der Waals surface area (Å²) >= 11 is 11.7. The third-order valence-electron chi connectivity index (χ3n) is 2.19. The molecule has 0 N–H and O–H groups in total. The van der Waals surface area contributed by atoms with E-state index in [-0.39, 0.29) is 0 Å². The Kier molecular flexibility index (Phi) is 3.36. The lowest BCUT2D eigenvalue weighted by atomic mass is 10.3. The van der Waals surface area contributed by atoms with E-state index in [0.29, 0.717) is 22.5 Å². The van der Waals surface area contributed by atoms with E-state index in [4.69, 9.17) is 27.9 Å². The van der Waals surface area contributed by atoms with Crippen molar-refractivity contribution in [2.45, 2.75) is 6.61 Å². The van der Waals surface area contributed by atoms with Gasteiger partial charge >= 0.3 is 0 Å². The van der Waals surface area contributed by atoms with E-state index < -0.39 is 0 Å². The molecule has 0 aliphatic heterocycles. The molecule has 0 aliphatic carbocycles. The second-order valence-electron chi connectivity index (χ2n) is 3.30. The Morgan fingerprint density at radius 2 is 2.19 bits per heavy atom. The van der Waals surface area contributed by atoms with Crippen LogP contribution >= 0.6 is 23.2 Å². The van der Waals surface area contributed by atoms with Crippen molar-refractivity contribution < 1.29 is 4.74 Å². The van der Waals surface area contributed by atoms with Crippen molar-refractivity contribution in [3.8, 4) is 5.75 Å². The van der Waals surface area contributed by atoms with Crippen LogP contribution in [-0.2, 0) is 13.7 Å². The zero-order valence-electron chi connectivity index (χ0n) is 8.65. The average Bonchev–Trinajstić information content (AvgIpc) is 2.57. The molecule has 16 heavy (non-hydrogen) atoms. The second kappa shape index (κ2) is 4.76. The number of hydrogen-bond acceptors (Lipinski definition) is 2. The fraction of sp³-hybridized carbons (Fsp3) is 0.182. The molecule has 3 nitrogen and oxygen atoms in total. The van der Waals surface area contributed by atoms with Gasteiger partial charge in [-0.05, 0) is 18.2 Å². The quantitative estimate of drug-likeness (QED) is 0.843. The van der Waals surface area contributed by atoms with Gasteiger partial charge in [0.15, 0.2) is 0 Å². The summed E-state index contributed by atoms with van der Waals surface area (Å²) in [6, 6.07) is 7.23. The third-order valence-corrected chi connectivity index (χ3v) is 2.78. The van der Waals surface area contributed by atoms with Crippen molar-refractivity contribution in [3.63, 3.8) is 0 Å². The van der Waals surface area contributed by atoms with Gasteiger partial charge in [0, 0.05) is 12.1 Å². The van der Waals surface area contributed by atoms with Crippen LogP contribution in [0.1, 0.15) is 5.82 Å². The first-order chi connectivity index (χ1) is 7.66. The Balaban J connectivity index is 2.05. The molecule has 2 aromatic rings. The van der Waals surface area contributed by atoms with Crippen LogP contribution < -0.4 is 4.74 Å². The van der Waals surface area contributed by atoms with Crippen molar-refractivity contribution in [1.29, 1.82) is 0 Å². The van der Waals surface area contributed by atoms with Crippen LogP contribution in [-0.4, -0.2) is 9.55 Å². The van der Waals surface area contributed by atoms with E-state index >= 15 is 0 Å². The van der Waals surface area contributed by atoms with Gasteiger partial charge in [-0.15, -0.1) is 0 Å². The maximum atomic E-state index is 5.86. The first-order valence-electron chi connectivity index (χ1n) is 4.71. The minimum atomic E-state index is 0.365. The average molecular weight is 257 g/mol. The summed E-state index contributed by atoms with van der Waals surface area (Å²) in [7, 11) is 1.84. The molecule has 1 aromatic heterocycles. The molecule has 0 bridgehead atoms. The molecule has 0 spiro atoms. The molecule has 0 aliphatic rings. The van der Waals surface area contributed by atoms with E-state index in [9.17, 15) is 0 Å². The van der Waals surface area contributed by atoms with Crippen molar-refractivity contribution in [1.82, 2.24) is 9.55 Å². The second-order valence-corrected chi connectivity index (χ2v) is 4.13. The van der Waals surface area contributed by atoms with Crippen LogP contribution in [0.25, 0.3) is 0 Å². The lowest BCUT2D eigenvalue weighted by molar-refractivity contribution is 0.292. The summed E-state index contributed by atoms with van der Waals surface area (Å²) in [6.45, 7) is 0.365. The molecule has 5 heteroatoms. The van der Waals surface area contributed by atoms with Gasteiger partial charge in [0.2, 0.25) is 0 Å². The maximum Gasteiger partial charge on any atom is 0.147 e. The first-order valence-corrected chi connectivity index (χ1v) is 5.47. The normalized spacial score (nSPS) is 10.4. The van der Waals surface area contributed by atoms with Crippen LogP contribution in [0.5, 0.6) is 5.75 Å². The van der Waals surface area contributed by atoms with Gasteiger partial charge in [-0.1, -0.05) is 29.3 Å². The summed E-state index contributed by atoms with van der Waals surface area (Å²) in [5.41, 5.74) is 0. The molecule has 0 radical (unpaired) electrons. The van der Waals surface area contributed by atoms with E-state index in [1.165, 1.54) is 0 Å². The largest absolute Gasteiger partial charge is 0.486 e. The summed E-state index contributed by atoms with van der Waals surface area (Å²) in [6.07, 6.45) is 1.60. The minimum Gasteiger partial charge on any atom is -0.486 e. The molecule has 0 saturated carbocycles. The topological polar surface area (TPSA) is 27.1 Å². The number of ether oxygens (including phenoxy) is 1. The van der Waals surface area contributed by atoms with Gasteiger partial charge in [-0.2, -0.15) is 0 Å². The van der Waals surface area contributed by atoms with Crippen molar-refractivity contribution >= 4 is 23.2 Å². The standard InChI is InChI=1S/C11H10Cl2N2O/c1-15-10(13)6-14-11(15)7-16-9-4-2-3-8(12)5-9/h2-6H,7H2,1H3. The monoisotopic (exact) mass is 256 g/mol. The lowest BCUT2D eigenvalue weighted by Gasteiger charge is -2.06. The van der Waals surface area contributed by atoms with Crippen LogP contribution in [0, 0.1) is 0 Å². The summed E-state index contributed by atoms with van der Waals surface area (Å²) in [4.78, 5) is 4.13. The molecule has 0 saturated heterocycles. The van der Waals surface area contributed by atoms with Crippen molar-refractivity contribution in [2.75, 3.05) is 0 Å². The fourth-order valence-electron chi connectivity index (χ4n) is 1.26. The number of rotatable bonds is 3. The Bertz CT molecular complexity index is 496. The van der Waals surface area contributed by atoms with Crippen LogP contribution in [0.2, 0.25) is 10.2 Å². The molecule has 0 fully saturated rings. The molecule has 2 rings (SSSR count). The molecule has 0 amide bonds. The summed E-state index contributed by atoms with van der Waals surface area (Å²) in [5.74, 6) is 1.48. The highest BCUT2D eigenvalue weighted by molar-refractivity contribution is 6.30. The van der Waals surface area contributed by atoms with Crippen LogP contribution in [0.15, 0.2) is 30.5 Å². The summed E-state index contributed by atoms with van der Waals surface area (Å²) in [5, 5.41) is 1.24. The molecule has 1 aromatic carbocycles. The van der Waals surface area contributed by atoms with Gasteiger partial charge in [0.05, 0.1) is 6.20 Å². The summed E-state index contributed by atoms with van der Waals surface area (Å²) < 4.78 is 7.31. The zero-order valence-corrected chi connectivity index (χ0v) is 10.2. The van der Waals surface area contributed by atoms with Gasteiger partial charge in [0.25, 0.3) is 0 Å². The number of nitrogens with zero attached hydrogens (tertiary/aromatic N) is 2. The molecule has 0 atom stereocenters. The third kappa shape index (κ3) is 2.49. The van der Waals surface area contributed by atoms with E-state index in [0.717, 1.165) is 5.82 Å².